The second-order valence-electron chi connectivity index (χ2n) is 5.03. The first-order valence-electron chi connectivity index (χ1n) is 6.57. The average molecular weight is 361 g/mol. The van der Waals surface area contributed by atoms with Gasteiger partial charge in [-0.05, 0) is 17.5 Å². The second-order valence-corrected chi connectivity index (χ2v) is 5.03. The Morgan fingerprint density at radius 1 is 1.22 bits per heavy atom. The van der Waals surface area contributed by atoms with E-state index in [1.165, 1.54) is 25.1 Å². The quantitative estimate of drug-likeness (QED) is 0.765. The van der Waals surface area contributed by atoms with E-state index in [0.717, 1.165) is 6.07 Å². The fourth-order valence-electron chi connectivity index (χ4n) is 1.95. The standard InChI is InChI=1S/C14H17F5N2O.ClH/c1-9(6-12(22)21-8-13(15,16)7-20)10-4-2-3-5-11(10)14(17,18)19;/h2-5,9H,6-8,20H2,1H3,(H,21,22);1H. The van der Waals surface area contributed by atoms with Crippen LogP contribution in [0.3, 0.4) is 0 Å². The fourth-order valence-corrected chi connectivity index (χ4v) is 1.95. The molecule has 0 aliphatic heterocycles. The lowest BCUT2D eigenvalue weighted by atomic mass is 9.92. The highest BCUT2D eigenvalue weighted by Gasteiger charge is 2.34. The molecule has 1 amide bonds. The van der Waals surface area contributed by atoms with Gasteiger partial charge in [-0.25, -0.2) is 8.78 Å². The summed E-state index contributed by atoms with van der Waals surface area (Å²) in [6.45, 7) is -0.416. The fraction of sp³-hybridized carbons (Fsp3) is 0.500. The predicted octanol–water partition coefficient (Wildman–Crippen LogP) is 3.33. The number of halogens is 6. The molecule has 9 heteroatoms. The van der Waals surface area contributed by atoms with Gasteiger partial charge < -0.3 is 11.1 Å². The number of carbonyl (C=O) groups is 1. The number of alkyl halides is 5. The molecular formula is C14H18ClF5N2O. The minimum Gasteiger partial charge on any atom is -0.350 e. The number of carbonyl (C=O) groups excluding carboxylic acids is 1. The van der Waals surface area contributed by atoms with Crippen LogP contribution < -0.4 is 11.1 Å². The van der Waals surface area contributed by atoms with Crippen LogP contribution in [0, 0.1) is 0 Å². The van der Waals surface area contributed by atoms with Gasteiger partial charge in [0.1, 0.15) is 0 Å². The molecule has 132 valence electrons. The van der Waals surface area contributed by atoms with Gasteiger partial charge in [-0.1, -0.05) is 25.1 Å². The van der Waals surface area contributed by atoms with Gasteiger partial charge in [0.2, 0.25) is 5.91 Å². The van der Waals surface area contributed by atoms with Crippen LogP contribution in [0.2, 0.25) is 0 Å². The summed E-state index contributed by atoms with van der Waals surface area (Å²) in [5, 5.41) is 1.98. The van der Waals surface area contributed by atoms with Crippen LogP contribution in [0.4, 0.5) is 22.0 Å². The summed E-state index contributed by atoms with van der Waals surface area (Å²) in [5.74, 6) is -4.75. The molecule has 0 aromatic heterocycles. The Kier molecular flexibility index (Phi) is 7.93. The lowest BCUT2D eigenvalue weighted by molar-refractivity contribution is -0.138. The Balaban J connectivity index is 0.00000484. The molecule has 3 N–H and O–H groups in total. The zero-order valence-corrected chi connectivity index (χ0v) is 13.1. The van der Waals surface area contributed by atoms with Crippen LogP contribution in [-0.4, -0.2) is 24.9 Å². The molecule has 0 saturated carbocycles. The third kappa shape index (κ3) is 6.70. The average Bonchev–Trinajstić information content (AvgIpc) is 2.44. The maximum atomic E-state index is 12.9. The monoisotopic (exact) mass is 360 g/mol. The zero-order chi connectivity index (χ0) is 17.0. The van der Waals surface area contributed by atoms with E-state index in [1.807, 2.05) is 5.32 Å². The van der Waals surface area contributed by atoms with Crippen molar-refractivity contribution in [3.8, 4) is 0 Å². The molecule has 0 radical (unpaired) electrons. The molecule has 1 atom stereocenters. The summed E-state index contributed by atoms with van der Waals surface area (Å²) in [6, 6.07) is 4.88. The van der Waals surface area contributed by atoms with E-state index >= 15 is 0 Å². The molecule has 0 heterocycles. The van der Waals surface area contributed by atoms with E-state index < -0.39 is 42.6 Å². The first-order chi connectivity index (χ1) is 10.1. The third-order valence-electron chi connectivity index (χ3n) is 3.13. The number of rotatable bonds is 6. The number of nitrogens with one attached hydrogen (secondary N) is 1. The summed E-state index contributed by atoms with van der Waals surface area (Å²) >= 11 is 0. The summed E-state index contributed by atoms with van der Waals surface area (Å²) < 4.78 is 64.5. The molecule has 1 aromatic rings. The van der Waals surface area contributed by atoms with E-state index in [0.29, 0.717) is 0 Å². The van der Waals surface area contributed by atoms with E-state index in [2.05, 4.69) is 0 Å². The number of hydrogen-bond donors (Lipinski definition) is 2. The van der Waals surface area contributed by atoms with Gasteiger partial charge >= 0.3 is 6.18 Å². The SMILES string of the molecule is CC(CC(=O)NCC(F)(F)CN)c1ccccc1C(F)(F)F.Cl. The Labute approximate surface area is 136 Å². The zero-order valence-electron chi connectivity index (χ0n) is 12.3. The minimum atomic E-state index is -4.53. The number of amides is 1. The van der Waals surface area contributed by atoms with Gasteiger partial charge in [0.05, 0.1) is 18.7 Å². The smallest absolute Gasteiger partial charge is 0.350 e. The molecule has 1 unspecified atom stereocenters. The topological polar surface area (TPSA) is 55.1 Å². The van der Waals surface area contributed by atoms with Crippen molar-refractivity contribution in [3.05, 3.63) is 35.4 Å². The van der Waals surface area contributed by atoms with Gasteiger partial charge in [-0.3, -0.25) is 4.79 Å². The van der Waals surface area contributed by atoms with E-state index in [-0.39, 0.29) is 24.4 Å². The molecule has 0 aliphatic carbocycles. The van der Waals surface area contributed by atoms with Crippen molar-refractivity contribution in [1.82, 2.24) is 5.32 Å². The van der Waals surface area contributed by atoms with Crippen LogP contribution in [0.1, 0.15) is 30.4 Å². The third-order valence-corrected chi connectivity index (χ3v) is 3.13. The number of hydrogen-bond acceptors (Lipinski definition) is 2. The van der Waals surface area contributed by atoms with E-state index in [1.54, 1.807) is 0 Å². The molecule has 1 aromatic carbocycles. The van der Waals surface area contributed by atoms with Crippen molar-refractivity contribution in [2.45, 2.75) is 31.4 Å². The van der Waals surface area contributed by atoms with Crippen molar-refractivity contribution in [1.29, 1.82) is 0 Å². The Hall–Kier alpha value is -1.41. The summed E-state index contributed by atoms with van der Waals surface area (Å²) in [5.41, 5.74) is 3.95. The maximum absolute atomic E-state index is 12.9. The maximum Gasteiger partial charge on any atom is 0.416 e. The number of benzene rings is 1. The Morgan fingerprint density at radius 2 is 1.78 bits per heavy atom. The molecule has 3 nitrogen and oxygen atoms in total. The summed E-state index contributed by atoms with van der Waals surface area (Å²) in [7, 11) is 0. The Morgan fingerprint density at radius 3 is 2.30 bits per heavy atom. The van der Waals surface area contributed by atoms with Crippen LogP contribution in [0.5, 0.6) is 0 Å². The van der Waals surface area contributed by atoms with Crippen molar-refractivity contribution >= 4 is 18.3 Å². The second kappa shape index (κ2) is 8.44. The van der Waals surface area contributed by atoms with Crippen molar-refractivity contribution in [2.24, 2.45) is 5.73 Å². The molecule has 23 heavy (non-hydrogen) atoms. The summed E-state index contributed by atoms with van der Waals surface area (Å²) in [4.78, 5) is 11.6. The van der Waals surface area contributed by atoms with Crippen molar-refractivity contribution in [2.75, 3.05) is 13.1 Å². The van der Waals surface area contributed by atoms with Gasteiger partial charge in [0, 0.05) is 6.42 Å². The van der Waals surface area contributed by atoms with Crippen LogP contribution >= 0.6 is 12.4 Å². The first-order valence-corrected chi connectivity index (χ1v) is 6.57. The predicted molar refractivity (Wildman–Crippen MR) is 78.7 cm³/mol. The molecule has 0 fully saturated rings. The highest BCUT2D eigenvalue weighted by molar-refractivity contribution is 5.85. The Bertz CT molecular complexity index is 522. The van der Waals surface area contributed by atoms with E-state index in [4.69, 9.17) is 5.73 Å². The van der Waals surface area contributed by atoms with Gasteiger partial charge in [0.25, 0.3) is 5.92 Å². The van der Waals surface area contributed by atoms with Crippen molar-refractivity contribution in [3.63, 3.8) is 0 Å². The lowest BCUT2D eigenvalue weighted by Crippen LogP contribution is -2.41. The van der Waals surface area contributed by atoms with Gasteiger partial charge in [-0.2, -0.15) is 13.2 Å². The van der Waals surface area contributed by atoms with Crippen LogP contribution in [-0.2, 0) is 11.0 Å². The molecule has 0 bridgehead atoms. The highest BCUT2D eigenvalue weighted by atomic mass is 35.5. The van der Waals surface area contributed by atoms with Crippen LogP contribution in [0.15, 0.2) is 24.3 Å². The largest absolute Gasteiger partial charge is 0.416 e. The minimum absolute atomic E-state index is 0. The molecule has 0 aliphatic rings. The highest BCUT2D eigenvalue weighted by Crippen LogP contribution is 2.35. The molecule has 0 saturated heterocycles. The van der Waals surface area contributed by atoms with Gasteiger partial charge in [0.15, 0.2) is 0 Å². The molecule has 0 spiro atoms. The van der Waals surface area contributed by atoms with Gasteiger partial charge in [-0.15, -0.1) is 12.4 Å². The molecular weight excluding hydrogens is 343 g/mol. The first kappa shape index (κ1) is 21.6. The van der Waals surface area contributed by atoms with E-state index in [9.17, 15) is 26.7 Å². The van der Waals surface area contributed by atoms with Crippen LogP contribution in [0.25, 0.3) is 0 Å². The number of nitrogens with two attached hydrogens (primary N) is 1. The lowest BCUT2D eigenvalue weighted by Gasteiger charge is -2.19. The van der Waals surface area contributed by atoms with Crippen molar-refractivity contribution < 1.29 is 26.7 Å². The molecule has 1 rings (SSSR count). The normalized spacial score (nSPS) is 13.2. The summed E-state index contributed by atoms with van der Waals surface area (Å²) in [6.07, 6.45) is -4.86.